The highest BCUT2D eigenvalue weighted by Gasteiger charge is 2.08. The van der Waals surface area contributed by atoms with Gasteiger partial charge in [-0.25, -0.2) is 4.98 Å². The Morgan fingerprint density at radius 2 is 1.88 bits per heavy atom. The lowest BCUT2D eigenvalue weighted by Crippen LogP contribution is -2.30. The molecule has 17 heavy (non-hydrogen) atoms. The Kier molecular flexibility index (Phi) is 5.34. The number of halogens is 1. The number of nitrogens with zero attached hydrogens (tertiary/aromatic N) is 2. The number of hydrogen-bond donors (Lipinski definition) is 1. The van der Waals surface area contributed by atoms with Crippen LogP contribution in [0.25, 0.3) is 0 Å². The minimum Gasteiger partial charge on any atom is -0.466 e. The molecule has 0 unspecified atom stereocenters. The molecule has 94 valence electrons. The van der Waals surface area contributed by atoms with Crippen molar-refractivity contribution in [2.45, 2.75) is 20.8 Å². The molecule has 0 aliphatic carbocycles. The normalized spacial score (nSPS) is 10.1. The van der Waals surface area contributed by atoms with Gasteiger partial charge in [-0.15, -0.1) is 0 Å². The van der Waals surface area contributed by atoms with Crippen molar-refractivity contribution in [3.8, 4) is 5.88 Å². The van der Waals surface area contributed by atoms with Gasteiger partial charge < -0.3 is 10.1 Å². The summed E-state index contributed by atoms with van der Waals surface area (Å²) in [5.41, 5.74) is 2.38. The molecule has 0 atom stereocenters. The van der Waals surface area contributed by atoms with Crippen molar-refractivity contribution < 1.29 is 9.53 Å². The van der Waals surface area contributed by atoms with Crippen molar-refractivity contribution in [3.05, 3.63) is 17.1 Å². The minimum absolute atomic E-state index is 0.0367. The summed E-state index contributed by atoms with van der Waals surface area (Å²) in [6.45, 7) is 6.11. The zero-order valence-electron chi connectivity index (χ0n) is 10.2. The van der Waals surface area contributed by atoms with E-state index in [1.54, 1.807) is 0 Å². The number of aromatic nitrogens is 2. The Balaban J connectivity index is 2.57. The summed E-state index contributed by atoms with van der Waals surface area (Å²) in [5, 5.41) is 3.41. The molecular formula is C11H16BrN3O2. The number of hydrogen-bond acceptors (Lipinski definition) is 4. The summed E-state index contributed by atoms with van der Waals surface area (Å²) in [5.74, 6) is 0.256. The van der Waals surface area contributed by atoms with E-state index in [4.69, 9.17) is 4.74 Å². The van der Waals surface area contributed by atoms with E-state index in [-0.39, 0.29) is 12.5 Å². The minimum atomic E-state index is -0.163. The summed E-state index contributed by atoms with van der Waals surface area (Å²) in [4.78, 5) is 19.9. The smallest absolute Gasteiger partial charge is 0.258 e. The molecule has 0 aliphatic rings. The molecule has 0 aliphatic heterocycles. The monoisotopic (exact) mass is 301 g/mol. The maximum atomic E-state index is 11.3. The second-order valence-electron chi connectivity index (χ2n) is 3.61. The second-order valence-corrected chi connectivity index (χ2v) is 4.41. The van der Waals surface area contributed by atoms with Crippen LogP contribution in [0.3, 0.4) is 0 Å². The van der Waals surface area contributed by atoms with Crippen molar-refractivity contribution in [2.24, 2.45) is 0 Å². The average Bonchev–Trinajstić information content (AvgIpc) is 2.29. The molecular weight excluding hydrogens is 286 g/mol. The highest BCUT2D eigenvalue weighted by atomic mass is 79.9. The van der Waals surface area contributed by atoms with Crippen molar-refractivity contribution in [1.82, 2.24) is 15.3 Å². The fourth-order valence-corrected chi connectivity index (χ4v) is 1.40. The van der Waals surface area contributed by atoms with Gasteiger partial charge in [0.05, 0.1) is 17.1 Å². The van der Waals surface area contributed by atoms with Gasteiger partial charge in [0.15, 0.2) is 6.61 Å². The van der Waals surface area contributed by atoms with E-state index < -0.39 is 0 Å². The van der Waals surface area contributed by atoms with Crippen LogP contribution >= 0.6 is 15.9 Å². The summed E-state index contributed by atoms with van der Waals surface area (Å²) < 4.78 is 5.33. The van der Waals surface area contributed by atoms with Gasteiger partial charge in [0.1, 0.15) is 0 Å². The molecule has 0 radical (unpaired) electrons. The third kappa shape index (κ3) is 4.30. The molecule has 1 rings (SSSR count). The van der Waals surface area contributed by atoms with Gasteiger partial charge in [-0.1, -0.05) is 15.9 Å². The van der Waals surface area contributed by atoms with Crippen LogP contribution in [-0.4, -0.2) is 34.4 Å². The van der Waals surface area contributed by atoms with Crippen LogP contribution in [0.15, 0.2) is 0 Å². The largest absolute Gasteiger partial charge is 0.466 e. The lowest BCUT2D eigenvalue weighted by molar-refractivity contribution is -0.123. The van der Waals surface area contributed by atoms with Crippen molar-refractivity contribution in [3.63, 3.8) is 0 Å². The maximum Gasteiger partial charge on any atom is 0.258 e. The Bertz CT molecular complexity index is 410. The predicted octanol–water partition coefficient (Wildman–Crippen LogP) is 1.29. The number of alkyl halides is 1. The molecule has 1 aromatic rings. The van der Waals surface area contributed by atoms with E-state index in [1.807, 2.05) is 20.8 Å². The molecule has 0 spiro atoms. The fraction of sp³-hybridized carbons (Fsp3) is 0.545. The standard InChI is InChI=1S/C11H16BrN3O2/c1-7-8(2)15-11(9(3)14-7)17-6-10(16)13-5-4-12/h4-6H2,1-3H3,(H,13,16). The van der Waals surface area contributed by atoms with E-state index in [0.29, 0.717) is 18.1 Å². The number of amides is 1. The number of carbonyl (C=O) groups is 1. The number of nitrogens with one attached hydrogen (secondary N) is 1. The van der Waals surface area contributed by atoms with Crippen LogP contribution in [0, 0.1) is 20.8 Å². The van der Waals surface area contributed by atoms with Crippen LogP contribution in [0.5, 0.6) is 5.88 Å². The quantitative estimate of drug-likeness (QED) is 0.833. The highest BCUT2D eigenvalue weighted by molar-refractivity contribution is 9.09. The third-order valence-electron chi connectivity index (χ3n) is 2.19. The van der Waals surface area contributed by atoms with Gasteiger partial charge in [0.25, 0.3) is 5.91 Å². The Morgan fingerprint density at radius 3 is 2.53 bits per heavy atom. The molecule has 0 saturated heterocycles. The van der Waals surface area contributed by atoms with Gasteiger partial charge in [-0.3, -0.25) is 9.78 Å². The van der Waals surface area contributed by atoms with E-state index in [9.17, 15) is 4.79 Å². The van der Waals surface area contributed by atoms with Crippen LogP contribution in [-0.2, 0) is 4.79 Å². The van der Waals surface area contributed by atoms with Gasteiger partial charge >= 0.3 is 0 Å². The number of carbonyl (C=O) groups excluding carboxylic acids is 1. The summed E-state index contributed by atoms with van der Waals surface area (Å²) in [6, 6.07) is 0. The lowest BCUT2D eigenvalue weighted by Gasteiger charge is -2.09. The first-order valence-corrected chi connectivity index (χ1v) is 6.44. The number of rotatable bonds is 5. The Labute approximate surface area is 109 Å². The van der Waals surface area contributed by atoms with E-state index in [0.717, 1.165) is 16.7 Å². The number of ether oxygens (including phenoxy) is 1. The molecule has 0 bridgehead atoms. The van der Waals surface area contributed by atoms with Crippen LogP contribution in [0.4, 0.5) is 0 Å². The zero-order chi connectivity index (χ0) is 12.8. The Morgan fingerprint density at radius 1 is 1.24 bits per heavy atom. The van der Waals surface area contributed by atoms with Crippen molar-refractivity contribution >= 4 is 21.8 Å². The average molecular weight is 302 g/mol. The van der Waals surface area contributed by atoms with Gasteiger partial charge in [-0.2, -0.15) is 0 Å². The maximum absolute atomic E-state index is 11.3. The van der Waals surface area contributed by atoms with Gasteiger partial charge in [0.2, 0.25) is 5.88 Å². The van der Waals surface area contributed by atoms with Gasteiger partial charge in [0, 0.05) is 11.9 Å². The molecule has 0 saturated carbocycles. The molecule has 1 amide bonds. The summed E-state index contributed by atoms with van der Waals surface area (Å²) >= 11 is 3.23. The van der Waals surface area contributed by atoms with E-state index in [1.165, 1.54) is 0 Å². The lowest BCUT2D eigenvalue weighted by atomic mass is 10.3. The molecule has 0 aromatic carbocycles. The van der Waals surface area contributed by atoms with Crippen LogP contribution < -0.4 is 10.1 Å². The first kappa shape index (κ1) is 13.9. The van der Waals surface area contributed by atoms with E-state index >= 15 is 0 Å². The molecule has 5 nitrogen and oxygen atoms in total. The van der Waals surface area contributed by atoms with Crippen LogP contribution in [0.2, 0.25) is 0 Å². The van der Waals surface area contributed by atoms with Crippen LogP contribution in [0.1, 0.15) is 17.1 Å². The molecule has 6 heteroatoms. The first-order chi connectivity index (χ1) is 8.04. The summed E-state index contributed by atoms with van der Waals surface area (Å²) in [6.07, 6.45) is 0. The van der Waals surface area contributed by atoms with Crippen molar-refractivity contribution in [1.29, 1.82) is 0 Å². The predicted molar refractivity (Wildman–Crippen MR) is 68.5 cm³/mol. The third-order valence-corrected chi connectivity index (χ3v) is 2.59. The second kappa shape index (κ2) is 6.54. The fourth-order valence-electron chi connectivity index (χ4n) is 1.20. The highest BCUT2D eigenvalue weighted by Crippen LogP contribution is 2.14. The Hall–Kier alpha value is -1.17. The summed E-state index contributed by atoms with van der Waals surface area (Å²) in [7, 11) is 0. The molecule has 1 N–H and O–H groups in total. The molecule has 1 aromatic heterocycles. The number of aryl methyl sites for hydroxylation is 3. The zero-order valence-corrected chi connectivity index (χ0v) is 11.8. The molecule has 0 fully saturated rings. The van der Waals surface area contributed by atoms with E-state index in [2.05, 4.69) is 31.2 Å². The van der Waals surface area contributed by atoms with Crippen molar-refractivity contribution in [2.75, 3.05) is 18.5 Å². The first-order valence-electron chi connectivity index (χ1n) is 5.32. The SMILES string of the molecule is Cc1nc(C)c(OCC(=O)NCCBr)nc1C. The van der Waals surface area contributed by atoms with Gasteiger partial charge in [-0.05, 0) is 20.8 Å². The molecule has 1 heterocycles. The topological polar surface area (TPSA) is 64.1 Å².